The first-order chi connectivity index (χ1) is 10.0. The lowest BCUT2D eigenvalue weighted by molar-refractivity contribution is -0.137. The van der Waals surface area contributed by atoms with Gasteiger partial charge in [-0.05, 0) is 28.1 Å². The van der Waals surface area contributed by atoms with E-state index in [1.165, 1.54) is 19.1 Å². The van der Waals surface area contributed by atoms with Gasteiger partial charge in [0, 0.05) is 13.5 Å². The molecule has 1 heterocycles. The topological polar surface area (TPSA) is 62.6 Å². The summed E-state index contributed by atoms with van der Waals surface area (Å²) in [6.07, 6.45) is -0.295. The molecule has 1 aromatic rings. The van der Waals surface area contributed by atoms with Gasteiger partial charge in [0.2, 0.25) is 5.91 Å². The van der Waals surface area contributed by atoms with Crippen molar-refractivity contribution in [2.24, 2.45) is 0 Å². The van der Waals surface area contributed by atoms with Gasteiger partial charge in [0.25, 0.3) is 0 Å². The molecular formula is C14H14BrFN2O3. The predicted octanol–water partition coefficient (Wildman–Crippen LogP) is 2.09. The Labute approximate surface area is 130 Å². The number of morpholine rings is 1. The fourth-order valence-electron chi connectivity index (χ4n) is 2.02. The van der Waals surface area contributed by atoms with E-state index in [1.54, 1.807) is 4.90 Å². The first-order valence-corrected chi connectivity index (χ1v) is 7.20. The standard InChI is InChI=1S/C14H14BrFN2O3/c1-9(19)18-4-5-20-11(7-18)8-21-12-3-2-10(6-17)13(15)14(12)16/h2-3,11H,4-5,7-8H2,1H3. The van der Waals surface area contributed by atoms with Crippen molar-refractivity contribution in [1.29, 1.82) is 5.26 Å². The average molecular weight is 357 g/mol. The van der Waals surface area contributed by atoms with E-state index in [9.17, 15) is 9.18 Å². The number of nitriles is 1. The van der Waals surface area contributed by atoms with Crippen molar-refractivity contribution in [3.8, 4) is 11.8 Å². The Bertz CT molecular complexity index is 588. The molecule has 1 aromatic carbocycles. The van der Waals surface area contributed by atoms with Crippen molar-refractivity contribution in [3.63, 3.8) is 0 Å². The zero-order valence-electron chi connectivity index (χ0n) is 11.4. The Morgan fingerprint density at radius 1 is 1.67 bits per heavy atom. The molecule has 1 fully saturated rings. The van der Waals surface area contributed by atoms with Gasteiger partial charge in [-0.15, -0.1) is 0 Å². The third-order valence-corrected chi connectivity index (χ3v) is 3.95. The van der Waals surface area contributed by atoms with Crippen LogP contribution in [0.25, 0.3) is 0 Å². The summed E-state index contributed by atoms with van der Waals surface area (Å²) in [4.78, 5) is 13.0. The van der Waals surface area contributed by atoms with Gasteiger partial charge in [-0.2, -0.15) is 5.26 Å². The lowest BCUT2D eigenvalue weighted by Crippen LogP contribution is -2.46. The molecule has 21 heavy (non-hydrogen) atoms. The van der Waals surface area contributed by atoms with Crippen LogP contribution in [0.2, 0.25) is 0 Å². The van der Waals surface area contributed by atoms with Gasteiger partial charge in [0.1, 0.15) is 18.8 Å². The summed E-state index contributed by atoms with van der Waals surface area (Å²) in [5.74, 6) is -0.590. The van der Waals surface area contributed by atoms with E-state index in [0.717, 1.165) is 0 Å². The summed E-state index contributed by atoms with van der Waals surface area (Å²) in [5.41, 5.74) is 0.205. The molecule has 0 aromatic heterocycles. The van der Waals surface area contributed by atoms with Crippen molar-refractivity contribution in [2.75, 3.05) is 26.3 Å². The zero-order chi connectivity index (χ0) is 15.4. The van der Waals surface area contributed by atoms with E-state index in [2.05, 4.69) is 15.9 Å². The number of hydrogen-bond acceptors (Lipinski definition) is 4. The highest BCUT2D eigenvalue weighted by atomic mass is 79.9. The molecule has 112 valence electrons. The van der Waals surface area contributed by atoms with Crippen LogP contribution in [0.5, 0.6) is 5.75 Å². The molecule has 1 saturated heterocycles. The second-order valence-corrected chi connectivity index (χ2v) is 5.41. The van der Waals surface area contributed by atoms with Gasteiger partial charge in [-0.3, -0.25) is 4.79 Å². The first-order valence-electron chi connectivity index (χ1n) is 6.41. The fraction of sp³-hybridized carbons (Fsp3) is 0.429. The number of nitrogens with zero attached hydrogens (tertiary/aromatic N) is 2. The molecule has 0 aliphatic carbocycles. The highest BCUT2D eigenvalue weighted by Crippen LogP contribution is 2.28. The number of carbonyl (C=O) groups excluding carboxylic acids is 1. The minimum absolute atomic E-state index is 0.0180. The molecule has 1 aliphatic heterocycles. The zero-order valence-corrected chi connectivity index (χ0v) is 13.0. The number of ether oxygens (including phenoxy) is 2. The largest absolute Gasteiger partial charge is 0.488 e. The van der Waals surface area contributed by atoms with Gasteiger partial charge in [-0.25, -0.2) is 4.39 Å². The second-order valence-electron chi connectivity index (χ2n) is 4.62. The fourth-order valence-corrected chi connectivity index (χ4v) is 2.43. The van der Waals surface area contributed by atoms with Gasteiger partial charge in [-0.1, -0.05) is 0 Å². The highest BCUT2D eigenvalue weighted by Gasteiger charge is 2.23. The number of halogens is 2. The van der Waals surface area contributed by atoms with Crippen LogP contribution in [-0.4, -0.2) is 43.2 Å². The highest BCUT2D eigenvalue weighted by molar-refractivity contribution is 9.10. The Balaban J connectivity index is 1.99. The quantitative estimate of drug-likeness (QED) is 0.831. The summed E-state index contributed by atoms with van der Waals surface area (Å²) >= 11 is 3.02. The smallest absolute Gasteiger partial charge is 0.219 e. The normalized spacial score (nSPS) is 18.2. The molecule has 1 unspecified atom stereocenters. The van der Waals surface area contributed by atoms with Crippen molar-refractivity contribution in [2.45, 2.75) is 13.0 Å². The van der Waals surface area contributed by atoms with Crippen LogP contribution in [0.4, 0.5) is 4.39 Å². The van der Waals surface area contributed by atoms with E-state index in [4.69, 9.17) is 14.7 Å². The molecular weight excluding hydrogens is 343 g/mol. The Morgan fingerprint density at radius 2 is 2.43 bits per heavy atom. The van der Waals surface area contributed by atoms with E-state index < -0.39 is 5.82 Å². The van der Waals surface area contributed by atoms with Crippen molar-refractivity contribution < 1.29 is 18.7 Å². The van der Waals surface area contributed by atoms with Crippen molar-refractivity contribution >= 4 is 21.8 Å². The van der Waals surface area contributed by atoms with Gasteiger partial charge in [0.05, 0.1) is 23.2 Å². The maximum atomic E-state index is 14.0. The lowest BCUT2D eigenvalue weighted by Gasteiger charge is -2.32. The van der Waals surface area contributed by atoms with Crippen molar-refractivity contribution in [3.05, 3.63) is 28.0 Å². The maximum Gasteiger partial charge on any atom is 0.219 e. The number of rotatable bonds is 3. The molecule has 0 saturated carbocycles. The monoisotopic (exact) mass is 356 g/mol. The summed E-state index contributed by atoms with van der Waals surface area (Å²) < 4.78 is 25.0. The van der Waals surface area contributed by atoms with E-state index in [1.807, 2.05) is 6.07 Å². The van der Waals surface area contributed by atoms with Crippen LogP contribution in [0, 0.1) is 17.1 Å². The summed E-state index contributed by atoms with van der Waals surface area (Å²) in [5, 5.41) is 8.80. The first kappa shape index (κ1) is 15.7. The molecule has 0 bridgehead atoms. The van der Waals surface area contributed by atoms with E-state index in [0.29, 0.717) is 19.7 Å². The molecule has 5 nitrogen and oxygen atoms in total. The van der Waals surface area contributed by atoms with Crippen LogP contribution in [0.3, 0.4) is 0 Å². The summed E-state index contributed by atoms with van der Waals surface area (Å²) in [6.45, 7) is 3.06. The minimum Gasteiger partial charge on any atom is -0.488 e. The predicted molar refractivity (Wildman–Crippen MR) is 76.3 cm³/mol. The third kappa shape index (κ3) is 3.71. The molecule has 0 N–H and O–H groups in total. The molecule has 1 atom stereocenters. The SMILES string of the molecule is CC(=O)N1CCOC(COc2ccc(C#N)c(Br)c2F)C1. The van der Waals surface area contributed by atoms with E-state index >= 15 is 0 Å². The molecule has 0 spiro atoms. The van der Waals surface area contributed by atoms with Crippen LogP contribution < -0.4 is 4.74 Å². The number of carbonyl (C=O) groups is 1. The second kappa shape index (κ2) is 6.87. The Morgan fingerprint density at radius 3 is 3.10 bits per heavy atom. The van der Waals surface area contributed by atoms with Crippen LogP contribution in [0.15, 0.2) is 16.6 Å². The Hall–Kier alpha value is -1.65. The van der Waals surface area contributed by atoms with Gasteiger partial charge in [0.15, 0.2) is 11.6 Å². The van der Waals surface area contributed by atoms with E-state index in [-0.39, 0.29) is 34.4 Å². The lowest BCUT2D eigenvalue weighted by atomic mass is 10.2. The summed E-state index contributed by atoms with van der Waals surface area (Å²) in [6, 6.07) is 4.76. The number of amides is 1. The maximum absolute atomic E-state index is 14.0. The average Bonchev–Trinajstić information content (AvgIpc) is 2.49. The van der Waals surface area contributed by atoms with Gasteiger partial charge >= 0.3 is 0 Å². The molecule has 0 radical (unpaired) electrons. The molecule has 1 aliphatic rings. The summed E-state index contributed by atoms with van der Waals surface area (Å²) in [7, 11) is 0. The van der Waals surface area contributed by atoms with Gasteiger partial charge < -0.3 is 14.4 Å². The molecule has 7 heteroatoms. The van der Waals surface area contributed by atoms with Crippen LogP contribution in [0.1, 0.15) is 12.5 Å². The molecule has 2 rings (SSSR count). The Kier molecular flexibility index (Phi) is 5.15. The minimum atomic E-state index is -0.617. The number of benzene rings is 1. The van der Waals surface area contributed by atoms with Crippen molar-refractivity contribution in [1.82, 2.24) is 4.90 Å². The molecule has 1 amide bonds. The van der Waals surface area contributed by atoms with Crippen LogP contribution >= 0.6 is 15.9 Å². The number of hydrogen-bond donors (Lipinski definition) is 0. The van der Waals surface area contributed by atoms with Crippen LogP contribution in [-0.2, 0) is 9.53 Å². The third-order valence-electron chi connectivity index (χ3n) is 3.18.